The van der Waals surface area contributed by atoms with Crippen molar-refractivity contribution >= 4 is 35.1 Å². The summed E-state index contributed by atoms with van der Waals surface area (Å²) in [5.74, 6) is 0.538. The molecule has 1 amide bonds. The summed E-state index contributed by atoms with van der Waals surface area (Å²) in [5.41, 5.74) is 1.61. The lowest BCUT2D eigenvalue weighted by molar-refractivity contribution is -0.147. The second kappa shape index (κ2) is 9.66. The van der Waals surface area contributed by atoms with Crippen LogP contribution in [0.15, 0.2) is 36.4 Å². The average Bonchev–Trinajstić information content (AvgIpc) is 2.68. The number of rotatable bonds is 7. The first-order valence-corrected chi connectivity index (χ1v) is 9.51. The molecule has 1 aliphatic heterocycles. The van der Waals surface area contributed by atoms with Crippen LogP contribution in [0.2, 0.25) is 10.0 Å². The number of fused-ring (bicyclic) bond motifs is 1. The van der Waals surface area contributed by atoms with Crippen molar-refractivity contribution in [1.29, 1.82) is 0 Å². The van der Waals surface area contributed by atoms with Crippen molar-refractivity contribution < 1.29 is 23.8 Å². The van der Waals surface area contributed by atoms with Gasteiger partial charge >= 0.3 is 5.97 Å². The fourth-order valence-electron chi connectivity index (χ4n) is 2.66. The van der Waals surface area contributed by atoms with Crippen molar-refractivity contribution in [2.45, 2.75) is 12.8 Å². The van der Waals surface area contributed by atoms with E-state index in [1.54, 1.807) is 18.2 Å². The van der Waals surface area contributed by atoms with E-state index in [1.807, 2.05) is 18.2 Å². The molecule has 0 radical (unpaired) electrons. The fourth-order valence-corrected chi connectivity index (χ4v) is 3.13. The van der Waals surface area contributed by atoms with Gasteiger partial charge in [0.1, 0.15) is 13.2 Å². The number of benzene rings is 2. The molecule has 2 aromatic rings. The molecule has 28 heavy (non-hydrogen) atoms. The second-order valence-electron chi connectivity index (χ2n) is 6.15. The minimum Gasteiger partial charge on any atom is -0.486 e. The summed E-state index contributed by atoms with van der Waals surface area (Å²) in [7, 11) is 0. The zero-order valence-electron chi connectivity index (χ0n) is 15.0. The Kier molecular flexibility index (Phi) is 7.01. The van der Waals surface area contributed by atoms with E-state index in [0.29, 0.717) is 47.5 Å². The summed E-state index contributed by atoms with van der Waals surface area (Å²) in [6, 6.07) is 10.5. The summed E-state index contributed by atoms with van der Waals surface area (Å²) in [5, 5.41) is 3.59. The Labute approximate surface area is 172 Å². The number of amides is 1. The molecule has 0 unspecified atom stereocenters. The summed E-state index contributed by atoms with van der Waals surface area (Å²) in [6.07, 6.45) is 0.594. The molecule has 2 aromatic carbocycles. The summed E-state index contributed by atoms with van der Waals surface area (Å²) in [4.78, 5) is 23.7. The van der Waals surface area contributed by atoms with Crippen LogP contribution < -0.4 is 14.8 Å². The van der Waals surface area contributed by atoms with Crippen LogP contribution in [0.1, 0.15) is 11.1 Å². The molecular weight excluding hydrogens is 405 g/mol. The van der Waals surface area contributed by atoms with Crippen LogP contribution in [-0.4, -0.2) is 38.2 Å². The summed E-state index contributed by atoms with van der Waals surface area (Å²) < 4.78 is 16.0. The number of ether oxygens (including phenoxy) is 3. The first-order valence-electron chi connectivity index (χ1n) is 8.76. The molecule has 6 nitrogen and oxygen atoms in total. The molecule has 0 aromatic heterocycles. The van der Waals surface area contributed by atoms with E-state index in [9.17, 15) is 9.59 Å². The zero-order chi connectivity index (χ0) is 19.9. The van der Waals surface area contributed by atoms with Gasteiger partial charge in [0.2, 0.25) is 0 Å². The maximum Gasteiger partial charge on any atom is 0.310 e. The van der Waals surface area contributed by atoms with Crippen LogP contribution in [0.3, 0.4) is 0 Å². The molecule has 1 aliphatic rings. The van der Waals surface area contributed by atoms with Crippen LogP contribution >= 0.6 is 23.2 Å². The molecule has 0 saturated carbocycles. The van der Waals surface area contributed by atoms with Crippen molar-refractivity contribution in [2.75, 3.05) is 26.4 Å². The maximum atomic E-state index is 11.9. The van der Waals surface area contributed by atoms with Gasteiger partial charge in [0.25, 0.3) is 5.91 Å². The van der Waals surface area contributed by atoms with E-state index in [0.717, 1.165) is 11.3 Å². The Morgan fingerprint density at radius 2 is 1.82 bits per heavy atom. The van der Waals surface area contributed by atoms with E-state index in [2.05, 4.69) is 5.32 Å². The van der Waals surface area contributed by atoms with Gasteiger partial charge in [-0.25, -0.2) is 0 Å². The van der Waals surface area contributed by atoms with Crippen molar-refractivity contribution in [2.24, 2.45) is 0 Å². The SMILES string of the molecule is O=C(COC(=O)Cc1ccc(Cl)cc1Cl)NCCc1ccc2c(c1)OCCO2. The molecule has 1 heterocycles. The number of halogens is 2. The molecule has 0 atom stereocenters. The van der Waals surface area contributed by atoms with Crippen LogP contribution in [0.4, 0.5) is 0 Å². The smallest absolute Gasteiger partial charge is 0.310 e. The van der Waals surface area contributed by atoms with Crippen LogP contribution in [0.5, 0.6) is 11.5 Å². The average molecular weight is 424 g/mol. The van der Waals surface area contributed by atoms with E-state index in [-0.39, 0.29) is 18.9 Å². The van der Waals surface area contributed by atoms with Crippen LogP contribution in [0.25, 0.3) is 0 Å². The molecular formula is C20H19Cl2NO5. The van der Waals surface area contributed by atoms with E-state index in [1.165, 1.54) is 0 Å². The molecule has 0 saturated heterocycles. The van der Waals surface area contributed by atoms with Gasteiger partial charge in [0.05, 0.1) is 6.42 Å². The summed E-state index contributed by atoms with van der Waals surface area (Å²) in [6.45, 7) is 1.15. The van der Waals surface area contributed by atoms with Crippen molar-refractivity contribution in [3.05, 3.63) is 57.6 Å². The molecule has 0 aliphatic carbocycles. The molecule has 0 fully saturated rings. The maximum absolute atomic E-state index is 11.9. The van der Waals surface area contributed by atoms with Gasteiger partial charge < -0.3 is 19.5 Å². The van der Waals surface area contributed by atoms with E-state index >= 15 is 0 Å². The lowest BCUT2D eigenvalue weighted by atomic mass is 10.1. The van der Waals surface area contributed by atoms with Crippen molar-refractivity contribution in [3.8, 4) is 11.5 Å². The first kappa shape index (κ1) is 20.3. The highest BCUT2D eigenvalue weighted by molar-refractivity contribution is 6.35. The van der Waals surface area contributed by atoms with E-state index in [4.69, 9.17) is 37.4 Å². The third kappa shape index (κ3) is 5.78. The number of carbonyl (C=O) groups is 2. The molecule has 8 heteroatoms. The fraction of sp³-hybridized carbons (Fsp3) is 0.300. The standard InChI is InChI=1S/C20H19Cl2NO5/c21-15-3-2-14(16(22)11-15)10-20(25)28-12-19(24)23-6-5-13-1-4-17-18(9-13)27-8-7-26-17/h1-4,9,11H,5-8,10,12H2,(H,23,24). The molecule has 148 valence electrons. The van der Waals surface area contributed by atoms with Crippen molar-refractivity contribution in [1.82, 2.24) is 5.32 Å². The van der Waals surface area contributed by atoms with Crippen molar-refractivity contribution in [3.63, 3.8) is 0 Å². The normalized spacial score (nSPS) is 12.4. The number of nitrogens with one attached hydrogen (secondary N) is 1. The zero-order valence-corrected chi connectivity index (χ0v) is 16.5. The molecule has 0 spiro atoms. The van der Waals surface area contributed by atoms with Crippen LogP contribution in [0, 0.1) is 0 Å². The highest BCUT2D eigenvalue weighted by atomic mass is 35.5. The third-order valence-electron chi connectivity index (χ3n) is 4.06. The van der Waals surface area contributed by atoms with Gasteiger partial charge in [-0.3, -0.25) is 9.59 Å². The Bertz CT molecular complexity index is 872. The second-order valence-corrected chi connectivity index (χ2v) is 6.99. The third-order valence-corrected chi connectivity index (χ3v) is 4.64. The van der Waals surface area contributed by atoms with Crippen LogP contribution in [-0.2, 0) is 27.2 Å². The highest BCUT2D eigenvalue weighted by Crippen LogP contribution is 2.30. The van der Waals surface area contributed by atoms with E-state index < -0.39 is 5.97 Å². The lowest BCUT2D eigenvalue weighted by Gasteiger charge is -2.18. The minimum atomic E-state index is -0.536. The number of hydrogen-bond donors (Lipinski definition) is 1. The van der Waals surface area contributed by atoms with Gasteiger partial charge in [-0.2, -0.15) is 0 Å². The Balaban J connectivity index is 1.38. The largest absolute Gasteiger partial charge is 0.486 e. The monoisotopic (exact) mass is 423 g/mol. The predicted octanol–water partition coefficient (Wildman–Crippen LogP) is 3.21. The predicted molar refractivity (Wildman–Crippen MR) is 105 cm³/mol. The topological polar surface area (TPSA) is 73.9 Å². The van der Waals surface area contributed by atoms with Gasteiger partial charge in [-0.15, -0.1) is 0 Å². The molecule has 3 rings (SSSR count). The minimum absolute atomic E-state index is 0.0273. The summed E-state index contributed by atoms with van der Waals surface area (Å²) >= 11 is 11.8. The van der Waals surface area contributed by atoms with Gasteiger partial charge in [0.15, 0.2) is 18.1 Å². The number of hydrogen-bond acceptors (Lipinski definition) is 5. The Morgan fingerprint density at radius 3 is 2.61 bits per heavy atom. The molecule has 0 bridgehead atoms. The highest BCUT2D eigenvalue weighted by Gasteiger charge is 2.13. The first-order chi connectivity index (χ1) is 13.5. The van der Waals surface area contributed by atoms with Gasteiger partial charge in [-0.1, -0.05) is 35.3 Å². The quantitative estimate of drug-likeness (QED) is 0.692. The number of carbonyl (C=O) groups excluding carboxylic acids is 2. The van der Waals surface area contributed by atoms with Gasteiger partial charge in [-0.05, 0) is 41.8 Å². The van der Waals surface area contributed by atoms with Gasteiger partial charge in [0, 0.05) is 16.6 Å². The molecule has 1 N–H and O–H groups in total. The Hall–Kier alpha value is -2.44. The lowest BCUT2D eigenvalue weighted by Crippen LogP contribution is -2.30. The number of esters is 1. The Morgan fingerprint density at radius 1 is 1.04 bits per heavy atom.